The van der Waals surface area contributed by atoms with E-state index >= 15 is 0 Å². The van der Waals surface area contributed by atoms with Crippen molar-refractivity contribution < 1.29 is 4.39 Å². The maximum absolute atomic E-state index is 13.8. The summed E-state index contributed by atoms with van der Waals surface area (Å²) in [5.41, 5.74) is 6.17. The number of nitriles is 1. The molecule has 0 aliphatic heterocycles. The van der Waals surface area contributed by atoms with Gasteiger partial charge in [-0.1, -0.05) is 0 Å². The first-order valence-electron chi connectivity index (χ1n) is 8.74. The van der Waals surface area contributed by atoms with Crippen molar-refractivity contribution in [2.75, 3.05) is 0 Å². The Morgan fingerprint density at radius 1 is 1.08 bits per heavy atom. The summed E-state index contributed by atoms with van der Waals surface area (Å²) in [6, 6.07) is 10.6. The molecule has 1 aliphatic carbocycles. The first kappa shape index (κ1) is 15.0. The molecule has 2 aromatic carbocycles. The minimum Gasteiger partial charge on any atom is -0.278 e. The largest absolute Gasteiger partial charge is 0.278 e. The second-order valence-electron chi connectivity index (χ2n) is 6.72. The maximum Gasteiger partial charge on any atom is 0.140 e. The molecule has 2 heterocycles. The van der Waals surface area contributed by atoms with Crippen LogP contribution in [0.2, 0.25) is 0 Å². The highest BCUT2D eigenvalue weighted by Crippen LogP contribution is 2.38. The Bertz CT molecular complexity index is 1220. The van der Waals surface area contributed by atoms with Gasteiger partial charge in [0, 0.05) is 16.3 Å². The monoisotopic (exact) mass is 342 g/mol. The fourth-order valence-electron chi connectivity index (χ4n) is 4.04. The molecule has 126 valence electrons. The molecule has 0 amide bonds. The lowest BCUT2D eigenvalue weighted by atomic mass is 9.85. The summed E-state index contributed by atoms with van der Waals surface area (Å²) in [6.45, 7) is 0. The van der Waals surface area contributed by atoms with Gasteiger partial charge >= 0.3 is 0 Å². The van der Waals surface area contributed by atoms with Crippen molar-refractivity contribution in [1.82, 2.24) is 15.2 Å². The molecule has 1 N–H and O–H groups in total. The van der Waals surface area contributed by atoms with E-state index < -0.39 is 5.82 Å². The normalized spacial score (nSPS) is 13.7. The van der Waals surface area contributed by atoms with Crippen molar-refractivity contribution in [2.45, 2.75) is 25.7 Å². The van der Waals surface area contributed by atoms with Gasteiger partial charge in [0.15, 0.2) is 0 Å². The van der Waals surface area contributed by atoms with Crippen molar-refractivity contribution in [3.8, 4) is 17.3 Å². The van der Waals surface area contributed by atoms with Crippen LogP contribution in [0.5, 0.6) is 0 Å². The minimum absolute atomic E-state index is 0.0549. The third-order valence-electron chi connectivity index (χ3n) is 5.25. The summed E-state index contributed by atoms with van der Waals surface area (Å²) in [5, 5.41) is 18.6. The predicted molar refractivity (Wildman–Crippen MR) is 98.1 cm³/mol. The zero-order chi connectivity index (χ0) is 17.7. The Morgan fingerprint density at radius 3 is 2.77 bits per heavy atom. The van der Waals surface area contributed by atoms with Crippen LogP contribution < -0.4 is 0 Å². The lowest BCUT2D eigenvalue weighted by molar-refractivity contribution is 0.624. The van der Waals surface area contributed by atoms with E-state index in [2.05, 4.69) is 10.2 Å². The second kappa shape index (κ2) is 5.63. The predicted octanol–water partition coefficient (Wildman–Crippen LogP) is 4.67. The molecule has 1 aliphatic rings. The number of hydrogen-bond acceptors (Lipinski definition) is 3. The molecule has 0 bridgehead atoms. The molecule has 0 unspecified atom stereocenters. The van der Waals surface area contributed by atoms with E-state index in [4.69, 9.17) is 4.98 Å². The number of H-pyrrole nitrogens is 1. The Kier molecular flexibility index (Phi) is 3.26. The number of nitrogens with zero attached hydrogens (tertiary/aromatic N) is 3. The summed E-state index contributed by atoms with van der Waals surface area (Å²) >= 11 is 0. The fraction of sp³-hybridized carbons (Fsp3) is 0.190. The molecule has 0 saturated carbocycles. The third-order valence-corrected chi connectivity index (χ3v) is 5.25. The van der Waals surface area contributed by atoms with Crippen molar-refractivity contribution in [3.05, 3.63) is 59.0 Å². The molecule has 0 saturated heterocycles. The summed E-state index contributed by atoms with van der Waals surface area (Å²) in [7, 11) is 0. The molecule has 4 aromatic rings. The first-order valence-corrected chi connectivity index (χ1v) is 8.74. The van der Waals surface area contributed by atoms with Gasteiger partial charge in [-0.15, -0.1) is 0 Å². The number of aromatic nitrogens is 3. The van der Waals surface area contributed by atoms with Crippen molar-refractivity contribution in [2.24, 2.45) is 0 Å². The number of rotatable bonds is 1. The number of nitrogens with one attached hydrogen (secondary N) is 1. The Hall–Kier alpha value is -3.26. The lowest BCUT2D eigenvalue weighted by Gasteiger charge is -2.22. The summed E-state index contributed by atoms with van der Waals surface area (Å²) in [6.07, 6.45) is 6.06. The van der Waals surface area contributed by atoms with Crippen molar-refractivity contribution in [1.29, 1.82) is 5.26 Å². The fourth-order valence-corrected chi connectivity index (χ4v) is 4.04. The van der Waals surface area contributed by atoms with Gasteiger partial charge in [-0.3, -0.25) is 5.10 Å². The topological polar surface area (TPSA) is 65.4 Å². The van der Waals surface area contributed by atoms with Crippen LogP contribution in [0.4, 0.5) is 4.39 Å². The Balaban J connectivity index is 1.87. The van der Waals surface area contributed by atoms with Crippen LogP contribution in [0.3, 0.4) is 0 Å². The van der Waals surface area contributed by atoms with E-state index in [0.717, 1.165) is 58.7 Å². The van der Waals surface area contributed by atoms with E-state index in [1.165, 1.54) is 17.2 Å². The number of benzene rings is 2. The van der Waals surface area contributed by atoms with Gasteiger partial charge in [-0.2, -0.15) is 10.4 Å². The number of aromatic amines is 1. The Labute approximate surface area is 149 Å². The molecule has 5 rings (SSSR count). The van der Waals surface area contributed by atoms with Crippen molar-refractivity contribution in [3.63, 3.8) is 0 Å². The molecule has 4 nitrogen and oxygen atoms in total. The highest BCUT2D eigenvalue weighted by Gasteiger charge is 2.21. The van der Waals surface area contributed by atoms with Gasteiger partial charge in [0.25, 0.3) is 0 Å². The van der Waals surface area contributed by atoms with Crippen LogP contribution in [-0.4, -0.2) is 15.2 Å². The van der Waals surface area contributed by atoms with Crippen LogP contribution >= 0.6 is 0 Å². The lowest BCUT2D eigenvalue weighted by Crippen LogP contribution is -2.08. The number of aryl methyl sites for hydroxylation is 1. The van der Waals surface area contributed by atoms with Crippen LogP contribution in [0.1, 0.15) is 29.5 Å². The standard InChI is InChI=1S/C21H15FN4/c22-17-6-5-12(9-13(17)10-23)21-15-4-2-1-3-14(15)20-16-11-24-26-18(16)7-8-19(20)25-21/h5-9,11H,1-4H2,(H,24,26). The smallest absolute Gasteiger partial charge is 0.140 e. The van der Waals surface area contributed by atoms with E-state index in [1.54, 1.807) is 12.1 Å². The van der Waals surface area contributed by atoms with Gasteiger partial charge < -0.3 is 0 Å². The molecule has 0 spiro atoms. The van der Waals surface area contributed by atoms with Crippen LogP contribution in [0, 0.1) is 17.1 Å². The first-order chi connectivity index (χ1) is 12.8. The summed E-state index contributed by atoms with van der Waals surface area (Å²) < 4.78 is 13.8. The molecule has 0 fully saturated rings. The second-order valence-corrected chi connectivity index (χ2v) is 6.72. The maximum atomic E-state index is 13.8. The third kappa shape index (κ3) is 2.12. The highest BCUT2D eigenvalue weighted by molar-refractivity contribution is 6.07. The SMILES string of the molecule is N#Cc1cc(-c2nc3ccc4[nH]ncc4c3c3c2CCCC3)ccc1F. The quantitative estimate of drug-likeness (QED) is 0.547. The van der Waals surface area contributed by atoms with Crippen LogP contribution in [-0.2, 0) is 12.8 Å². The number of halogens is 1. The molecule has 5 heteroatoms. The summed E-state index contributed by atoms with van der Waals surface area (Å²) in [4.78, 5) is 4.92. The van der Waals surface area contributed by atoms with E-state index in [9.17, 15) is 9.65 Å². The molecule has 0 atom stereocenters. The average Bonchev–Trinajstić information content (AvgIpc) is 3.16. The minimum atomic E-state index is -0.494. The van der Waals surface area contributed by atoms with Gasteiger partial charge in [-0.05, 0) is 67.1 Å². The van der Waals surface area contributed by atoms with Gasteiger partial charge in [0.1, 0.15) is 11.9 Å². The zero-order valence-electron chi connectivity index (χ0n) is 14.0. The van der Waals surface area contributed by atoms with Crippen LogP contribution in [0.15, 0.2) is 36.5 Å². The van der Waals surface area contributed by atoms with E-state index in [-0.39, 0.29) is 5.56 Å². The van der Waals surface area contributed by atoms with Gasteiger partial charge in [-0.25, -0.2) is 9.37 Å². The van der Waals surface area contributed by atoms with Gasteiger partial charge in [0.05, 0.1) is 28.5 Å². The van der Waals surface area contributed by atoms with E-state index in [0.29, 0.717) is 0 Å². The van der Waals surface area contributed by atoms with Crippen LogP contribution in [0.25, 0.3) is 33.1 Å². The van der Waals surface area contributed by atoms with Gasteiger partial charge in [0.2, 0.25) is 0 Å². The Morgan fingerprint density at radius 2 is 1.92 bits per heavy atom. The molecular weight excluding hydrogens is 327 g/mol. The number of hydrogen-bond donors (Lipinski definition) is 1. The molecule has 26 heavy (non-hydrogen) atoms. The summed E-state index contributed by atoms with van der Waals surface area (Å²) in [5.74, 6) is -0.494. The van der Waals surface area contributed by atoms with E-state index in [1.807, 2.05) is 24.4 Å². The molecule has 0 radical (unpaired) electrons. The molecule has 2 aromatic heterocycles. The highest BCUT2D eigenvalue weighted by atomic mass is 19.1. The molecular formula is C21H15FN4. The number of pyridine rings is 1. The zero-order valence-corrected chi connectivity index (χ0v) is 14.0. The van der Waals surface area contributed by atoms with Crippen molar-refractivity contribution >= 4 is 21.8 Å². The average molecular weight is 342 g/mol. The number of fused-ring (bicyclic) bond motifs is 5.